The molecule has 14 heavy (non-hydrogen) atoms. The van der Waals surface area contributed by atoms with Gasteiger partial charge in [0.1, 0.15) is 0 Å². The van der Waals surface area contributed by atoms with E-state index in [0.717, 1.165) is 0 Å². The quantitative estimate of drug-likeness (QED) is 0.552. The monoisotopic (exact) mass is 194 g/mol. The number of hydrogen-bond donors (Lipinski definition) is 2. The fraction of sp³-hybridized carbons (Fsp3) is 0.200. The van der Waals surface area contributed by atoms with E-state index in [1.165, 1.54) is 26.0 Å². The molecular weight excluding hydrogens is 184 g/mol. The van der Waals surface area contributed by atoms with Gasteiger partial charge < -0.3 is 10.2 Å². The molecule has 0 aliphatic heterocycles. The van der Waals surface area contributed by atoms with Gasteiger partial charge in [0.05, 0.1) is 11.1 Å². The maximum atomic E-state index is 10.9. The first kappa shape index (κ1) is 10.2. The zero-order chi connectivity index (χ0) is 10.9. The molecule has 0 bridgehead atoms. The van der Waals surface area contributed by atoms with Crippen molar-refractivity contribution in [3.63, 3.8) is 0 Å². The van der Waals surface area contributed by atoms with Gasteiger partial charge in [0, 0.05) is 0 Å². The first-order chi connectivity index (χ1) is 6.45. The molecule has 2 N–H and O–H groups in total. The summed E-state index contributed by atoms with van der Waals surface area (Å²) in [5.74, 6) is -1.81. The molecular formula is C10H10O4. The lowest BCUT2D eigenvalue weighted by atomic mass is 10.0. The second-order valence-corrected chi connectivity index (χ2v) is 2.97. The van der Waals surface area contributed by atoms with Crippen molar-refractivity contribution in [2.24, 2.45) is 0 Å². The van der Waals surface area contributed by atoms with Gasteiger partial charge in [0.15, 0.2) is 23.1 Å². The van der Waals surface area contributed by atoms with Crippen molar-refractivity contribution in [3.8, 4) is 11.5 Å². The van der Waals surface area contributed by atoms with Gasteiger partial charge in [-0.2, -0.15) is 0 Å². The number of benzene rings is 1. The third-order valence-electron chi connectivity index (χ3n) is 1.91. The molecule has 0 fully saturated rings. The highest BCUT2D eigenvalue weighted by molar-refractivity contribution is 6.02. The van der Waals surface area contributed by atoms with E-state index in [0.29, 0.717) is 0 Å². The maximum Gasteiger partial charge on any atom is 0.169 e. The summed E-state index contributed by atoms with van der Waals surface area (Å²) < 4.78 is 0. The first-order valence-corrected chi connectivity index (χ1v) is 4.02. The number of phenolic OH excluding ortho intramolecular Hbond substituents is 2. The summed E-state index contributed by atoms with van der Waals surface area (Å²) in [6.45, 7) is 2.53. The SMILES string of the molecule is CC(=O)c1ccc(C(C)=O)c(O)c1O. The first-order valence-electron chi connectivity index (χ1n) is 4.02. The van der Waals surface area contributed by atoms with Gasteiger partial charge >= 0.3 is 0 Å². The van der Waals surface area contributed by atoms with Crippen LogP contribution in [0.5, 0.6) is 11.5 Å². The molecule has 4 nitrogen and oxygen atoms in total. The van der Waals surface area contributed by atoms with Gasteiger partial charge in [-0.3, -0.25) is 9.59 Å². The van der Waals surface area contributed by atoms with Crippen LogP contribution in [0.2, 0.25) is 0 Å². The van der Waals surface area contributed by atoms with Crippen LogP contribution in [0.25, 0.3) is 0 Å². The van der Waals surface area contributed by atoms with E-state index in [-0.39, 0.29) is 22.7 Å². The molecule has 1 aromatic carbocycles. The molecule has 1 rings (SSSR count). The van der Waals surface area contributed by atoms with E-state index in [1.54, 1.807) is 0 Å². The molecule has 0 saturated heterocycles. The Hall–Kier alpha value is -1.84. The molecule has 0 spiro atoms. The molecule has 0 radical (unpaired) electrons. The highest BCUT2D eigenvalue weighted by Crippen LogP contribution is 2.32. The van der Waals surface area contributed by atoms with Gasteiger partial charge in [0.25, 0.3) is 0 Å². The number of rotatable bonds is 2. The summed E-state index contributed by atoms with van der Waals surface area (Å²) >= 11 is 0. The Morgan fingerprint density at radius 2 is 1.21 bits per heavy atom. The number of aromatic hydroxyl groups is 2. The normalized spacial score (nSPS) is 9.86. The van der Waals surface area contributed by atoms with Gasteiger partial charge in [-0.1, -0.05) is 0 Å². The van der Waals surface area contributed by atoms with Crippen molar-refractivity contribution in [2.45, 2.75) is 13.8 Å². The third-order valence-corrected chi connectivity index (χ3v) is 1.91. The minimum atomic E-state index is -0.537. The van der Waals surface area contributed by atoms with Crippen molar-refractivity contribution in [3.05, 3.63) is 23.3 Å². The minimum absolute atomic E-state index is 0.00694. The van der Waals surface area contributed by atoms with Crippen LogP contribution in [0.3, 0.4) is 0 Å². The van der Waals surface area contributed by atoms with Crippen LogP contribution in [0, 0.1) is 0 Å². The van der Waals surface area contributed by atoms with Gasteiger partial charge in [0.2, 0.25) is 0 Å². The van der Waals surface area contributed by atoms with Crippen LogP contribution in [0.1, 0.15) is 34.6 Å². The summed E-state index contributed by atoms with van der Waals surface area (Å²) in [5.41, 5.74) is 0.0139. The van der Waals surface area contributed by atoms with Crippen molar-refractivity contribution < 1.29 is 19.8 Å². The number of carbonyl (C=O) groups excluding carboxylic acids is 2. The Labute approximate surface area is 80.8 Å². The lowest BCUT2D eigenvalue weighted by Gasteiger charge is -2.06. The van der Waals surface area contributed by atoms with Gasteiger partial charge in [-0.15, -0.1) is 0 Å². The molecule has 0 atom stereocenters. The van der Waals surface area contributed by atoms with Crippen molar-refractivity contribution >= 4 is 11.6 Å². The molecule has 74 valence electrons. The Bertz CT molecular complexity index is 368. The number of ketones is 2. The largest absolute Gasteiger partial charge is 0.504 e. The number of phenols is 2. The topological polar surface area (TPSA) is 74.6 Å². The van der Waals surface area contributed by atoms with Gasteiger partial charge in [-0.25, -0.2) is 0 Å². The zero-order valence-corrected chi connectivity index (χ0v) is 7.87. The molecule has 0 saturated carbocycles. The molecule has 0 aliphatic rings. The second kappa shape index (κ2) is 3.49. The second-order valence-electron chi connectivity index (χ2n) is 2.97. The third kappa shape index (κ3) is 1.59. The standard InChI is InChI=1S/C10H10O4/c1-5(11)7-3-4-8(6(2)12)10(14)9(7)13/h3-4,13-14H,1-2H3. The fourth-order valence-corrected chi connectivity index (χ4v) is 1.15. The van der Waals surface area contributed by atoms with Crippen LogP contribution in [0.4, 0.5) is 0 Å². The highest BCUT2D eigenvalue weighted by Gasteiger charge is 2.16. The lowest BCUT2D eigenvalue weighted by molar-refractivity contribution is 0.0996. The molecule has 0 heterocycles. The summed E-state index contributed by atoms with van der Waals surface area (Å²) in [6.07, 6.45) is 0. The number of hydrogen-bond acceptors (Lipinski definition) is 4. The predicted octanol–water partition coefficient (Wildman–Crippen LogP) is 1.50. The number of carbonyl (C=O) groups is 2. The van der Waals surface area contributed by atoms with E-state index in [1.807, 2.05) is 0 Å². The van der Waals surface area contributed by atoms with Crippen molar-refractivity contribution in [1.82, 2.24) is 0 Å². The average Bonchev–Trinajstić information content (AvgIpc) is 2.08. The predicted molar refractivity (Wildman–Crippen MR) is 49.8 cm³/mol. The Morgan fingerprint density at radius 3 is 1.43 bits per heavy atom. The molecule has 0 unspecified atom stereocenters. The zero-order valence-electron chi connectivity index (χ0n) is 7.87. The minimum Gasteiger partial charge on any atom is -0.504 e. The molecule has 0 aromatic heterocycles. The number of Topliss-reactive ketones (excluding diaryl/α,β-unsaturated/α-hetero) is 2. The highest BCUT2D eigenvalue weighted by atomic mass is 16.3. The molecule has 4 heteroatoms. The van der Waals surface area contributed by atoms with Crippen LogP contribution >= 0.6 is 0 Å². The van der Waals surface area contributed by atoms with Crippen LogP contribution < -0.4 is 0 Å². The Morgan fingerprint density at radius 1 is 0.929 bits per heavy atom. The molecule has 1 aromatic rings. The maximum absolute atomic E-state index is 10.9. The smallest absolute Gasteiger partial charge is 0.169 e. The lowest BCUT2D eigenvalue weighted by Crippen LogP contribution is -1.98. The Balaban J connectivity index is 3.41. The summed E-state index contributed by atoms with van der Waals surface area (Å²) in [7, 11) is 0. The summed E-state index contributed by atoms with van der Waals surface area (Å²) in [6, 6.07) is 2.63. The van der Waals surface area contributed by atoms with E-state index in [2.05, 4.69) is 0 Å². The van der Waals surface area contributed by atoms with E-state index < -0.39 is 11.5 Å². The van der Waals surface area contributed by atoms with E-state index in [4.69, 9.17) is 0 Å². The Kier molecular flexibility index (Phi) is 2.56. The van der Waals surface area contributed by atoms with E-state index >= 15 is 0 Å². The molecule has 0 aliphatic carbocycles. The average molecular weight is 194 g/mol. The summed E-state index contributed by atoms with van der Waals surface area (Å²) in [4.78, 5) is 21.9. The fourth-order valence-electron chi connectivity index (χ4n) is 1.15. The van der Waals surface area contributed by atoms with Crippen molar-refractivity contribution in [2.75, 3.05) is 0 Å². The summed E-state index contributed by atoms with van der Waals surface area (Å²) in [5, 5.41) is 18.7. The van der Waals surface area contributed by atoms with Crippen LogP contribution in [0.15, 0.2) is 12.1 Å². The van der Waals surface area contributed by atoms with Crippen LogP contribution in [-0.2, 0) is 0 Å². The van der Waals surface area contributed by atoms with Crippen LogP contribution in [-0.4, -0.2) is 21.8 Å². The molecule has 0 amide bonds. The van der Waals surface area contributed by atoms with Gasteiger partial charge in [-0.05, 0) is 26.0 Å². The van der Waals surface area contributed by atoms with E-state index in [9.17, 15) is 19.8 Å². The van der Waals surface area contributed by atoms with Crippen molar-refractivity contribution in [1.29, 1.82) is 0 Å².